The predicted octanol–water partition coefficient (Wildman–Crippen LogP) is 0.894. The van der Waals surface area contributed by atoms with Gasteiger partial charge in [0, 0.05) is 56.9 Å². The average molecular weight is 383 g/mol. The summed E-state index contributed by atoms with van der Waals surface area (Å²) in [6.07, 6.45) is 3.91. The van der Waals surface area contributed by atoms with Crippen LogP contribution in [0.2, 0.25) is 0 Å². The van der Waals surface area contributed by atoms with Crippen LogP contribution in [0.5, 0.6) is 0 Å². The molecule has 0 amide bonds. The minimum absolute atomic E-state index is 0.102. The van der Waals surface area contributed by atoms with Crippen molar-refractivity contribution in [2.75, 3.05) is 37.6 Å². The maximum Gasteiger partial charge on any atom is 0.141 e. The van der Waals surface area contributed by atoms with E-state index in [0.29, 0.717) is 12.0 Å². The van der Waals surface area contributed by atoms with Crippen molar-refractivity contribution in [3.05, 3.63) is 53.7 Å². The summed E-state index contributed by atoms with van der Waals surface area (Å²) in [4.78, 5) is 11.3. The van der Waals surface area contributed by atoms with Crippen LogP contribution in [0.4, 0.5) is 10.2 Å². The Bertz CT molecular complexity index is 826. The van der Waals surface area contributed by atoms with E-state index in [0.717, 1.165) is 56.2 Å². The lowest BCUT2D eigenvalue weighted by Crippen LogP contribution is -2.46. The molecule has 28 heavy (non-hydrogen) atoms. The molecule has 0 aliphatic carbocycles. The van der Waals surface area contributed by atoms with E-state index in [2.05, 4.69) is 49.6 Å². The Kier molecular flexibility index (Phi) is 4.94. The third kappa shape index (κ3) is 3.48. The van der Waals surface area contributed by atoms with Gasteiger partial charge in [-0.05, 0) is 30.2 Å². The van der Waals surface area contributed by atoms with E-state index in [-0.39, 0.29) is 17.9 Å². The van der Waals surface area contributed by atoms with Crippen molar-refractivity contribution in [1.82, 2.24) is 31.5 Å². The summed E-state index contributed by atoms with van der Waals surface area (Å²) in [5, 5.41) is 6.91. The van der Waals surface area contributed by atoms with Crippen LogP contribution in [-0.2, 0) is 0 Å². The third-order valence-electron chi connectivity index (χ3n) is 6.11. The van der Waals surface area contributed by atoms with E-state index in [4.69, 9.17) is 4.98 Å². The first-order valence-corrected chi connectivity index (χ1v) is 10.1. The number of pyridine rings is 2. The molecular formula is C20H26FN7. The number of piperazine rings is 1. The topological polar surface area (TPSA) is 77.1 Å². The fourth-order valence-corrected chi connectivity index (χ4v) is 4.62. The fourth-order valence-electron chi connectivity index (χ4n) is 4.62. The predicted molar refractivity (Wildman–Crippen MR) is 105 cm³/mol. The lowest BCUT2D eigenvalue weighted by molar-refractivity contribution is 0.264. The van der Waals surface area contributed by atoms with Crippen molar-refractivity contribution >= 4 is 5.82 Å². The summed E-state index contributed by atoms with van der Waals surface area (Å²) in [5.74, 6) is 1.13. The molecule has 3 aliphatic heterocycles. The summed E-state index contributed by atoms with van der Waals surface area (Å²) in [7, 11) is 0. The minimum Gasteiger partial charge on any atom is -0.354 e. The molecule has 3 saturated heterocycles. The van der Waals surface area contributed by atoms with E-state index >= 15 is 0 Å². The molecule has 5 rings (SSSR count). The van der Waals surface area contributed by atoms with Crippen molar-refractivity contribution in [2.24, 2.45) is 5.92 Å². The second-order valence-electron chi connectivity index (χ2n) is 7.83. The van der Waals surface area contributed by atoms with Crippen LogP contribution in [0, 0.1) is 11.7 Å². The van der Waals surface area contributed by atoms with Gasteiger partial charge in [0.15, 0.2) is 0 Å². The molecule has 4 unspecified atom stereocenters. The minimum atomic E-state index is -0.286. The van der Waals surface area contributed by atoms with Crippen LogP contribution in [-0.4, -0.2) is 48.7 Å². The molecule has 5 heterocycles. The number of hydrogen-bond donors (Lipinski definition) is 4. The molecule has 7 nitrogen and oxygen atoms in total. The molecule has 0 saturated carbocycles. The van der Waals surface area contributed by atoms with Gasteiger partial charge >= 0.3 is 0 Å². The number of fused-ring (bicyclic) bond motifs is 1. The molecular weight excluding hydrogens is 357 g/mol. The molecule has 0 radical (unpaired) electrons. The van der Waals surface area contributed by atoms with Gasteiger partial charge in [0.05, 0.1) is 17.9 Å². The van der Waals surface area contributed by atoms with Crippen LogP contribution >= 0.6 is 0 Å². The Balaban J connectivity index is 1.36. The molecule has 0 spiro atoms. The van der Waals surface area contributed by atoms with E-state index in [9.17, 15) is 4.39 Å². The number of piperidine rings is 1. The van der Waals surface area contributed by atoms with E-state index < -0.39 is 0 Å². The van der Waals surface area contributed by atoms with Crippen LogP contribution in [0.15, 0.2) is 36.7 Å². The highest BCUT2D eigenvalue weighted by Crippen LogP contribution is 2.38. The van der Waals surface area contributed by atoms with Gasteiger partial charge in [0.2, 0.25) is 0 Å². The molecule has 4 N–H and O–H groups in total. The van der Waals surface area contributed by atoms with Gasteiger partial charge in [-0.25, -0.2) is 14.8 Å². The highest BCUT2D eigenvalue weighted by Gasteiger charge is 2.42. The molecule has 148 valence electrons. The zero-order valence-electron chi connectivity index (χ0n) is 15.7. The van der Waals surface area contributed by atoms with Crippen molar-refractivity contribution in [3.8, 4) is 0 Å². The van der Waals surface area contributed by atoms with Crippen LogP contribution in [0.1, 0.15) is 29.8 Å². The molecule has 3 fully saturated rings. The van der Waals surface area contributed by atoms with Gasteiger partial charge in [-0.15, -0.1) is 0 Å². The monoisotopic (exact) mass is 383 g/mol. The highest BCUT2D eigenvalue weighted by atomic mass is 19.1. The van der Waals surface area contributed by atoms with Crippen molar-refractivity contribution in [3.63, 3.8) is 0 Å². The average Bonchev–Trinajstić information content (AvgIpc) is 3.18. The first-order chi connectivity index (χ1) is 13.8. The van der Waals surface area contributed by atoms with E-state index in [1.54, 1.807) is 12.3 Å². The van der Waals surface area contributed by atoms with Crippen LogP contribution in [0.25, 0.3) is 0 Å². The summed E-state index contributed by atoms with van der Waals surface area (Å²) in [6.45, 7) is 4.78. The molecule has 2 aromatic rings. The molecule has 4 atom stereocenters. The fraction of sp³-hybridized carbons (Fsp3) is 0.500. The quantitative estimate of drug-likeness (QED) is 0.627. The van der Waals surface area contributed by atoms with Gasteiger partial charge in [-0.2, -0.15) is 0 Å². The summed E-state index contributed by atoms with van der Waals surface area (Å²) in [6, 6.07) is 8.45. The Morgan fingerprint density at radius 1 is 1.11 bits per heavy atom. The van der Waals surface area contributed by atoms with Gasteiger partial charge in [0.25, 0.3) is 0 Å². The zero-order chi connectivity index (χ0) is 18.9. The molecule has 0 bridgehead atoms. The van der Waals surface area contributed by atoms with Crippen molar-refractivity contribution < 1.29 is 4.39 Å². The number of anilines is 1. The Morgan fingerprint density at radius 2 is 2.00 bits per heavy atom. The van der Waals surface area contributed by atoms with Crippen molar-refractivity contribution in [2.45, 2.75) is 24.5 Å². The smallest absolute Gasteiger partial charge is 0.141 e. The van der Waals surface area contributed by atoms with Crippen LogP contribution in [0.3, 0.4) is 0 Å². The normalized spacial score (nSPS) is 30.2. The number of hydrazine groups is 1. The first-order valence-electron chi connectivity index (χ1n) is 10.1. The lowest BCUT2D eigenvalue weighted by atomic mass is 9.81. The second-order valence-corrected chi connectivity index (χ2v) is 7.83. The van der Waals surface area contributed by atoms with Gasteiger partial charge < -0.3 is 15.5 Å². The summed E-state index contributed by atoms with van der Waals surface area (Å²) in [5.41, 5.74) is 8.85. The first kappa shape index (κ1) is 17.9. The highest BCUT2D eigenvalue weighted by molar-refractivity contribution is 5.40. The number of rotatable bonds is 3. The molecule has 8 heteroatoms. The Hall–Kier alpha value is -2.13. The van der Waals surface area contributed by atoms with Gasteiger partial charge in [0.1, 0.15) is 11.6 Å². The number of halogens is 1. The second kappa shape index (κ2) is 7.71. The SMILES string of the molecule is Fc1cncc(C2CC3C(CN2)NNC3c2cccc(N3CCNCC3)n2)c1. The number of aromatic nitrogens is 2. The molecule has 2 aromatic heterocycles. The summed E-state index contributed by atoms with van der Waals surface area (Å²) >= 11 is 0. The number of nitrogens with zero attached hydrogens (tertiary/aromatic N) is 3. The van der Waals surface area contributed by atoms with Gasteiger partial charge in [-0.1, -0.05) is 6.07 Å². The van der Waals surface area contributed by atoms with Gasteiger partial charge in [-0.3, -0.25) is 10.4 Å². The maximum absolute atomic E-state index is 13.6. The van der Waals surface area contributed by atoms with E-state index in [1.807, 2.05) is 0 Å². The third-order valence-corrected chi connectivity index (χ3v) is 6.11. The standard InChI is InChI=1S/C20H26FN7/c21-14-8-13(10-23-11-14)17-9-15-18(12-24-17)26-27-20(15)16-2-1-3-19(25-16)28-6-4-22-5-7-28/h1-3,8,10-11,15,17-18,20,22,24,26-27H,4-7,9,12H2. The molecule has 0 aromatic carbocycles. The van der Waals surface area contributed by atoms with Crippen molar-refractivity contribution in [1.29, 1.82) is 0 Å². The zero-order valence-corrected chi connectivity index (χ0v) is 15.7. The van der Waals surface area contributed by atoms with E-state index in [1.165, 1.54) is 6.20 Å². The largest absolute Gasteiger partial charge is 0.354 e. The number of hydrogen-bond acceptors (Lipinski definition) is 7. The Morgan fingerprint density at radius 3 is 2.86 bits per heavy atom. The van der Waals surface area contributed by atoms with Crippen LogP contribution < -0.4 is 26.4 Å². The molecule has 3 aliphatic rings. The lowest BCUT2D eigenvalue weighted by Gasteiger charge is -2.34. The summed E-state index contributed by atoms with van der Waals surface area (Å²) < 4.78 is 13.6. The Labute approximate surface area is 164 Å². The number of nitrogens with one attached hydrogen (secondary N) is 4. The maximum atomic E-state index is 13.6.